The summed E-state index contributed by atoms with van der Waals surface area (Å²) in [5.74, 6) is -2.12. The van der Waals surface area contributed by atoms with Gasteiger partial charge in [0.05, 0.1) is 16.5 Å². The number of carbonyl (C=O) groups excluding carboxylic acids is 2. The van der Waals surface area contributed by atoms with Crippen LogP contribution in [0.5, 0.6) is 0 Å². The van der Waals surface area contributed by atoms with Crippen LogP contribution in [0.3, 0.4) is 0 Å². The number of benzene rings is 4. The number of carboxylic acids is 1. The lowest BCUT2D eigenvalue weighted by molar-refractivity contribution is -0.115. The lowest BCUT2D eigenvalue weighted by Crippen LogP contribution is -2.22. The number of nitrogens with zero attached hydrogens (tertiary/aromatic N) is 1. The molecular formula is C30H22FN3O4S2. The maximum Gasteiger partial charge on any atom is 0.336 e. The molecule has 0 aliphatic carbocycles. The number of nitrogens with one attached hydrogen (secondary N) is 2. The molecule has 0 aliphatic rings. The Hall–Kier alpha value is -4.54. The summed E-state index contributed by atoms with van der Waals surface area (Å²) in [6.07, 6.45) is 0. The van der Waals surface area contributed by atoms with Crippen molar-refractivity contribution in [3.8, 4) is 11.3 Å². The van der Waals surface area contributed by atoms with Gasteiger partial charge >= 0.3 is 5.97 Å². The third-order valence-corrected chi connectivity index (χ3v) is 7.88. The molecule has 0 aliphatic heterocycles. The minimum absolute atomic E-state index is 0.0532. The average molecular weight is 572 g/mol. The van der Waals surface area contributed by atoms with Crippen LogP contribution in [0.4, 0.5) is 15.2 Å². The molecule has 0 bridgehead atoms. The van der Waals surface area contributed by atoms with Crippen LogP contribution >= 0.6 is 23.1 Å². The normalized spacial score (nSPS) is 11.7. The molecule has 1 aromatic heterocycles. The van der Waals surface area contributed by atoms with Crippen LogP contribution in [0.15, 0.2) is 95.2 Å². The predicted octanol–water partition coefficient (Wildman–Crippen LogP) is 7.17. The van der Waals surface area contributed by atoms with E-state index in [0.717, 1.165) is 10.5 Å². The van der Waals surface area contributed by atoms with Gasteiger partial charge in [0.1, 0.15) is 5.82 Å². The molecule has 40 heavy (non-hydrogen) atoms. The van der Waals surface area contributed by atoms with E-state index in [2.05, 4.69) is 15.6 Å². The highest BCUT2D eigenvalue weighted by Gasteiger charge is 2.19. The van der Waals surface area contributed by atoms with Crippen molar-refractivity contribution in [3.05, 3.63) is 107 Å². The number of rotatable bonds is 8. The number of aromatic carboxylic acids is 1. The molecule has 0 fully saturated rings. The second-order valence-corrected chi connectivity index (χ2v) is 11.1. The van der Waals surface area contributed by atoms with E-state index in [4.69, 9.17) is 0 Å². The van der Waals surface area contributed by atoms with E-state index >= 15 is 0 Å². The molecule has 0 radical (unpaired) electrons. The summed E-state index contributed by atoms with van der Waals surface area (Å²) in [6, 6.07) is 23.0. The first-order valence-corrected chi connectivity index (χ1v) is 13.9. The topological polar surface area (TPSA) is 108 Å². The maximum atomic E-state index is 13.2. The van der Waals surface area contributed by atoms with Crippen LogP contribution in [0.25, 0.3) is 22.0 Å². The van der Waals surface area contributed by atoms with E-state index in [1.807, 2.05) is 6.07 Å². The molecule has 4 aromatic carbocycles. The molecule has 0 saturated carbocycles. The van der Waals surface area contributed by atoms with Crippen molar-refractivity contribution in [1.29, 1.82) is 0 Å². The minimum atomic E-state index is -1.11. The number of thiazole rings is 1. The first-order chi connectivity index (χ1) is 19.3. The van der Waals surface area contributed by atoms with Crippen molar-refractivity contribution >= 4 is 62.5 Å². The summed E-state index contributed by atoms with van der Waals surface area (Å²) in [5, 5.41) is 18.1. The number of thioether (sulfide) groups is 1. The number of hydrogen-bond acceptors (Lipinski definition) is 6. The molecule has 200 valence electrons. The zero-order valence-electron chi connectivity index (χ0n) is 21.1. The summed E-state index contributed by atoms with van der Waals surface area (Å²) in [6.45, 7) is 1.77. The van der Waals surface area contributed by atoms with Gasteiger partial charge in [-0.15, -0.1) is 23.1 Å². The minimum Gasteiger partial charge on any atom is -0.478 e. The van der Waals surface area contributed by atoms with Gasteiger partial charge in [0, 0.05) is 32.5 Å². The number of anilines is 2. The lowest BCUT2D eigenvalue weighted by Gasteiger charge is -2.13. The van der Waals surface area contributed by atoms with Crippen LogP contribution < -0.4 is 10.6 Å². The number of fused-ring (bicyclic) bond motifs is 1. The molecule has 10 heteroatoms. The van der Waals surface area contributed by atoms with Gasteiger partial charge in [-0.25, -0.2) is 14.2 Å². The molecule has 5 rings (SSSR count). The second kappa shape index (κ2) is 11.7. The van der Waals surface area contributed by atoms with Crippen LogP contribution in [-0.4, -0.2) is 33.1 Å². The Labute approximate surface area is 237 Å². The van der Waals surface area contributed by atoms with E-state index in [1.165, 1.54) is 41.3 Å². The van der Waals surface area contributed by atoms with Gasteiger partial charge in [-0.05, 0) is 66.9 Å². The predicted molar refractivity (Wildman–Crippen MR) is 157 cm³/mol. The summed E-state index contributed by atoms with van der Waals surface area (Å²) >= 11 is 2.60. The molecule has 1 unspecified atom stereocenters. The average Bonchev–Trinajstić information content (AvgIpc) is 3.41. The van der Waals surface area contributed by atoms with E-state index in [0.29, 0.717) is 27.3 Å². The third-order valence-electron chi connectivity index (χ3n) is 6.03. The van der Waals surface area contributed by atoms with Crippen LogP contribution in [0, 0.1) is 5.82 Å². The third kappa shape index (κ3) is 6.03. The Bertz CT molecular complexity index is 1730. The number of carbonyl (C=O) groups is 3. The van der Waals surface area contributed by atoms with Gasteiger partial charge in [0.25, 0.3) is 5.91 Å². The molecule has 0 saturated heterocycles. The summed E-state index contributed by atoms with van der Waals surface area (Å²) < 4.78 is 13.2. The van der Waals surface area contributed by atoms with Gasteiger partial charge in [0.2, 0.25) is 5.91 Å². The van der Waals surface area contributed by atoms with Gasteiger partial charge in [-0.1, -0.05) is 30.3 Å². The van der Waals surface area contributed by atoms with E-state index < -0.39 is 17.1 Å². The van der Waals surface area contributed by atoms with Crippen molar-refractivity contribution in [2.45, 2.75) is 17.1 Å². The van der Waals surface area contributed by atoms with Crippen molar-refractivity contribution < 1.29 is 23.9 Å². The number of halogens is 1. The maximum absolute atomic E-state index is 13.2. The van der Waals surface area contributed by atoms with Gasteiger partial charge in [0.15, 0.2) is 5.13 Å². The zero-order valence-corrected chi connectivity index (χ0v) is 22.7. The highest BCUT2D eigenvalue weighted by Crippen LogP contribution is 2.30. The van der Waals surface area contributed by atoms with Crippen LogP contribution in [-0.2, 0) is 4.79 Å². The summed E-state index contributed by atoms with van der Waals surface area (Å²) in [7, 11) is 0. The molecule has 1 atom stereocenters. The Kier molecular flexibility index (Phi) is 7.90. The van der Waals surface area contributed by atoms with Crippen LogP contribution in [0.1, 0.15) is 27.6 Å². The number of hydrogen-bond donors (Lipinski definition) is 3. The quantitative estimate of drug-likeness (QED) is 0.170. The van der Waals surface area contributed by atoms with Crippen LogP contribution in [0.2, 0.25) is 0 Å². The monoisotopic (exact) mass is 571 g/mol. The Morgan fingerprint density at radius 3 is 2.35 bits per heavy atom. The highest BCUT2D eigenvalue weighted by atomic mass is 32.2. The first kappa shape index (κ1) is 27.0. The molecule has 2 amide bonds. The van der Waals surface area contributed by atoms with Crippen molar-refractivity contribution in [3.63, 3.8) is 0 Å². The molecule has 7 nitrogen and oxygen atoms in total. The van der Waals surface area contributed by atoms with Crippen molar-refractivity contribution in [2.24, 2.45) is 0 Å². The molecule has 5 aromatic rings. The fourth-order valence-electron chi connectivity index (χ4n) is 4.10. The molecule has 0 spiro atoms. The smallest absolute Gasteiger partial charge is 0.336 e. The highest BCUT2D eigenvalue weighted by molar-refractivity contribution is 8.00. The van der Waals surface area contributed by atoms with Crippen molar-refractivity contribution in [1.82, 2.24) is 4.98 Å². The number of aromatic nitrogens is 1. The zero-order chi connectivity index (χ0) is 28.2. The fourth-order valence-corrected chi connectivity index (χ4v) is 5.75. The SMILES string of the molecule is CC(Sc1cccc(NC(=O)c2cccc3cccc(C(=O)O)c23)c1)C(=O)Nc1nc(-c2ccc(F)cc2)cs1. The second-order valence-electron chi connectivity index (χ2n) is 8.79. The Balaban J connectivity index is 1.26. The fraction of sp³-hybridized carbons (Fsp3) is 0.0667. The largest absolute Gasteiger partial charge is 0.478 e. The molecule has 3 N–H and O–H groups in total. The Morgan fingerprint density at radius 1 is 0.925 bits per heavy atom. The van der Waals surface area contributed by atoms with Crippen molar-refractivity contribution in [2.75, 3.05) is 10.6 Å². The first-order valence-electron chi connectivity index (χ1n) is 12.1. The standard InChI is InChI=1S/C30H22FN3O4S2/c1-17(27(35)34-30-33-25(16-39-30)18-11-13-20(31)14-12-18)40-22-8-4-7-21(15-22)32-28(36)23-9-2-5-19-6-3-10-24(26(19)23)29(37)38/h2-17H,1H3,(H,32,36)(H,37,38)(H,33,34,35). The molecule has 1 heterocycles. The summed E-state index contributed by atoms with van der Waals surface area (Å²) in [5.41, 5.74) is 2.21. The summed E-state index contributed by atoms with van der Waals surface area (Å²) in [4.78, 5) is 42.9. The molecular weight excluding hydrogens is 549 g/mol. The van der Waals surface area contributed by atoms with E-state index in [9.17, 15) is 23.9 Å². The van der Waals surface area contributed by atoms with E-state index in [1.54, 1.807) is 73.0 Å². The van der Waals surface area contributed by atoms with Gasteiger partial charge < -0.3 is 15.7 Å². The van der Waals surface area contributed by atoms with Gasteiger partial charge in [-0.2, -0.15) is 0 Å². The number of amides is 2. The number of carboxylic acid groups (broad SMARTS) is 1. The Morgan fingerprint density at radius 2 is 1.62 bits per heavy atom. The van der Waals surface area contributed by atoms with Gasteiger partial charge in [-0.3, -0.25) is 9.59 Å². The van der Waals surface area contributed by atoms with E-state index in [-0.39, 0.29) is 22.9 Å². The lowest BCUT2D eigenvalue weighted by atomic mass is 9.98.